The molecule has 3 aliphatic carbocycles. The molecule has 10 aromatic carbocycles. The molecule has 10 aromatic rings. The largest absolute Gasteiger partial charge is 0.416 e. The van der Waals surface area contributed by atoms with Crippen molar-refractivity contribution in [3.05, 3.63) is 249 Å². The number of nitrogens with zero attached hydrogens (tertiary/aromatic N) is 3. The first-order chi connectivity index (χ1) is 37.5. The molecule has 0 atom stereocenters. The van der Waals surface area contributed by atoms with Gasteiger partial charge in [-0.3, -0.25) is 0 Å². The van der Waals surface area contributed by atoms with Crippen LogP contribution in [0.4, 0.5) is 39.5 Å². The number of halogens is 9. The van der Waals surface area contributed by atoms with Crippen molar-refractivity contribution in [1.82, 2.24) is 0 Å². The Bertz CT molecular complexity index is 4070. The number of alkyl halides is 9. The van der Waals surface area contributed by atoms with Crippen LogP contribution in [0.3, 0.4) is 0 Å². The van der Waals surface area contributed by atoms with E-state index in [-0.39, 0.29) is 33.4 Å². The zero-order valence-corrected chi connectivity index (χ0v) is 40.1. The summed E-state index contributed by atoms with van der Waals surface area (Å²) in [6, 6.07) is 53.8. The van der Waals surface area contributed by atoms with Gasteiger partial charge < -0.3 is 0 Å². The van der Waals surface area contributed by atoms with Crippen molar-refractivity contribution in [2.45, 2.75) is 18.5 Å². The van der Waals surface area contributed by atoms with Gasteiger partial charge in [0.25, 0.3) is 0 Å². The number of fused-ring (bicyclic) bond motifs is 15. The molecule has 0 aliphatic heterocycles. The molecule has 0 saturated carbocycles. The summed E-state index contributed by atoms with van der Waals surface area (Å²) in [6.45, 7) is 0. The highest BCUT2D eigenvalue weighted by atomic mass is 19.4. The lowest BCUT2D eigenvalue weighted by Gasteiger charge is -2.20. The average molecular weight is 1040 g/mol. The second-order valence-corrected chi connectivity index (χ2v) is 19.3. The number of hydrogen-bond donors (Lipinski definition) is 0. The molecule has 0 aromatic heterocycles. The van der Waals surface area contributed by atoms with E-state index in [1.807, 2.05) is 109 Å². The van der Waals surface area contributed by atoms with Crippen molar-refractivity contribution in [2.75, 3.05) is 0 Å². The molecular formula is C66H30F9N3. The lowest BCUT2D eigenvalue weighted by Crippen LogP contribution is -2.05. The summed E-state index contributed by atoms with van der Waals surface area (Å²) in [5.41, 5.74) is 4.48. The molecule has 0 unspecified atom stereocenters. The van der Waals surface area contributed by atoms with Crippen LogP contribution in [0.25, 0.3) is 99.1 Å². The van der Waals surface area contributed by atoms with E-state index in [2.05, 4.69) is 18.2 Å². The van der Waals surface area contributed by atoms with E-state index >= 15 is 0 Å². The Kier molecular flexibility index (Phi) is 10.4. The van der Waals surface area contributed by atoms with E-state index < -0.39 is 35.2 Å². The van der Waals surface area contributed by atoms with E-state index in [0.29, 0.717) is 83.5 Å². The van der Waals surface area contributed by atoms with E-state index in [1.165, 1.54) is 36.4 Å². The Morgan fingerprint density at radius 1 is 0.269 bits per heavy atom. The fourth-order valence-electron chi connectivity index (χ4n) is 11.7. The van der Waals surface area contributed by atoms with Gasteiger partial charge in [0, 0.05) is 33.4 Å². The van der Waals surface area contributed by atoms with Crippen molar-refractivity contribution in [1.29, 1.82) is 15.8 Å². The monoisotopic (exact) mass is 1040 g/mol. The predicted molar refractivity (Wildman–Crippen MR) is 284 cm³/mol. The number of benzene rings is 10. The highest BCUT2D eigenvalue weighted by Crippen LogP contribution is 2.67. The van der Waals surface area contributed by atoms with Crippen LogP contribution in [-0.4, -0.2) is 0 Å². The average Bonchev–Trinajstić information content (AvgIpc) is 3.95. The molecule has 372 valence electrons. The smallest absolute Gasteiger partial charge is 0.192 e. The van der Waals surface area contributed by atoms with Crippen LogP contribution >= 0.6 is 0 Å². The summed E-state index contributed by atoms with van der Waals surface area (Å²) in [5.74, 6) is 0. The Hall–Kier alpha value is -9.96. The van der Waals surface area contributed by atoms with E-state index in [9.17, 15) is 55.3 Å². The van der Waals surface area contributed by atoms with Crippen molar-refractivity contribution < 1.29 is 39.5 Å². The fourth-order valence-corrected chi connectivity index (χ4v) is 11.7. The topological polar surface area (TPSA) is 71.4 Å². The third kappa shape index (κ3) is 7.20. The second kappa shape index (κ2) is 17.0. The van der Waals surface area contributed by atoms with Crippen LogP contribution < -0.4 is 0 Å². The van der Waals surface area contributed by atoms with E-state index in [4.69, 9.17) is 0 Å². The molecule has 0 radical (unpaired) electrons. The molecule has 3 nitrogen and oxygen atoms in total. The molecule has 0 saturated heterocycles. The lowest BCUT2D eigenvalue weighted by atomic mass is 9.81. The Morgan fingerprint density at radius 2 is 0.474 bits per heavy atom. The van der Waals surface area contributed by atoms with Gasteiger partial charge in [-0.25, -0.2) is 0 Å². The molecular weight excluding hydrogens is 1010 g/mol. The zero-order valence-electron chi connectivity index (χ0n) is 40.1. The summed E-state index contributed by atoms with van der Waals surface area (Å²) >= 11 is 0. The highest BCUT2D eigenvalue weighted by molar-refractivity contribution is 6.31. The van der Waals surface area contributed by atoms with Crippen molar-refractivity contribution >= 4 is 65.8 Å². The van der Waals surface area contributed by atoms with Crippen LogP contribution in [0, 0.1) is 34.0 Å². The minimum absolute atomic E-state index is 0.0146. The van der Waals surface area contributed by atoms with Crippen molar-refractivity contribution in [2.24, 2.45) is 0 Å². The number of rotatable bonds is 3. The van der Waals surface area contributed by atoms with Gasteiger partial charge in [-0.1, -0.05) is 109 Å². The van der Waals surface area contributed by atoms with Crippen LogP contribution in [0.5, 0.6) is 0 Å². The van der Waals surface area contributed by atoms with E-state index in [1.54, 1.807) is 0 Å². The third-order valence-corrected chi connectivity index (χ3v) is 15.1. The maximum atomic E-state index is 14.2. The molecule has 12 heteroatoms. The van der Waals surface area contributed by atoms with Gasteiger partial charge in [0.15, 0.2) is 0 Å². The normalized spacial score (nSPS) is 15.2. The highest BCUT2D eigenvalue weighted by Gasteiger charge is 2.46. The number of nitriles is 3. The van der Waals surface area contributed by atoms with Gasteiger partial charge in [0.2, 0.25) is 0 Å². The molecule has 0 spiro atoms. The second-order valence-electron chi connectivity index (χ2n) is 19.3. The van der Waals surface area contributed by atoms with Gasteiger partial charge in [-0.15, -0.1) is 0 Å². The van der Waals surface area contributed by atoms with Gasteiger partial charge >= 0.3 is 18.5 Å². The maximum Gasteiger partial charge on any atom is 0.416 e. The molecule has 13 rings (SSSR count). The number of hydrogen-bond acceptors (Lipinski definition) is 3. The summed E-state index contributed by atoms with van der Waals surface area (Å²) in [7, 11) is 0. The van der Waals surface area contributed by atoms with E-state index in [0.717, 1.165) is 68.7 Å². The Balaban J connectivity index is 1.30. The molecule has 0 N–H and O–H groups in total. The van der Waals surface area contributed by atoms with Crippen LogP contribution in [0.2, 0.25) is 0 Å². The summed E-state index contributed by atoms with van der Waals surface area (Å²) in [5, 5.41) is 39.3. The predicted octanol–water partition coefficient (Wildman–Crippen LogP) is 18.6. The molecule has 3 aliphatic rings. The Labute approximate surface area is 438 Å². The first-order valence-corrected chi connectivity index (χ1v) is 24.3. The van der Waals surface area contributed by atoms with Gasteiger partial charge in [0.1, 0.15) is 18.2 Å². The molecule has 0 fully saturated rings. The Morgan fingerprint density at radius 3 is 0.667 bits per heavy atom. The minimum Gasteiger partial charge on any atom is -0.192 e. The quantitative estimate of drug-likeness (QED) is 0.131. The maximum absolute atomic E-state index is 14.2. The summed E-state index contributed by atoms with van der Waals surface area (Å²) in [4.78, 5) is 0. The summed E-state index contributed by atoms with van der Waals surface area (Å²) in [6.07, 6.45) is -14.1. The molecule has 78 heavy (non-hydrogen) atoms. The van der Waals surface area contributed by atoms with Crippen LogP contribution in [0.15, 0.2) is 182 Å². The van der Waals surface area contributed by atoms with Gasteiger partial charge in [-0.2, -0.15) is 55.3 Å². The standard InChI is InChI=1S/C66H30F9N3/c67-64(68,69)43-19-13-34(14-20-43)52(31-76)55-46-25-37-7-1-4-10-40(37)28-49(46)58-61(55)59-50-29-41-11-5-2-8-38(41)26-47(50)57(54(33-78)36-17-23-45(24-18-36)66(73,74)75)63(59)60-51-30-42-12-6-3-9-39(42)27-48(51)56(62(58)60)53(32-77)35-15-21-44(22-16-35)65(70,71)72/h1-30H/b55-52+,56-53+,57-54+. The van der Waals surface area contributed by atoms with Crippen LogP contribution in [0.1, 0.15) is 66.8 Å². The van der Waals surface area contributed by atoms with Gasteiger partial charge in [-0.05, 0) is 172 Å². The molecule has 0 amide bonds. The summed E-state index contributed by atoms with van der Waals surface area (Å²) < 4.78 is 128. The molecule has 0 bridgehead atoms. The minimum atomic E-state index is -4.71. The number of allylic oxidation sites excluding steroid dienone is 3. The lowest BCUT2D eigenvalue weighted by molar-refractivity contribution is -0.138. The first-order valence-electron chi connectivity index (χ1n) is 24.3. The zero-order chi connectivity index (χ0) is 54.2. The van der Waals surface area contributed by atoms with Crippen molar-refractivity contribution in [3.8, 4) is 51.6 Å². The third-order valence-electron chi connectivity index (χ3n) is 15.1. The van der Waals surface area contributed by atoms with Crippen molar-refractivity contribution in [3.63, 3.8) is 0 Å². The fraction of sp³-hybridized carbons (Fsp3) is 0.0455. The molecule has 0 heterocycles. The van der Waals surface area contributed by atoms with Gasteiger partial charge in [0.05, 0.1) is 33.4 Å². The SMILES string of the molecule is N#C/C(=C1/c2cc3ccccc3cc2-c2c1c1c(c3c2/C(=C(\C#N)c2ccc(C(F)(F)F)cc2)c2cc4ccccc4cc2-3)/C(=C(\C#N)c2ccc(C(F)(F)F)cc2)c2cc3ccccc3cc2-1)c1ccc(C(F)(F)F)cc1. The van der Waals surface area contributed by atoms with Crippen LogP contribution in [-0.2, 0) is 18.5 Å². The first kappa shape index (κ1) is 47.7.